The molecule has 0 aromatic carbocycles. The first-order chi connectivity index (χ1) is 9.92. The quantitative estimate of drug-likeness (QED) is 0.752. The molecule has 0 aromatic heterocycles. The number of carbonyl (C=O) groups is 2. The molecule has 126 valence electrons. The van der Waals surface area contributed by atoms with E-state index in [1.54, 1.807) is 17.2 Å². The third-order valence-electron chi connectivity index (χ3n) is 3.76. The molecule has 1 atom stereocenters. The molecule has 0 bridgehead atoms. The van der Waals surface area contributed by atoms with Gasteiger partial charge in [0.2, 0.25) is 0 Å². The number of carbonyl (C=O) groups excluding carboxylic acids is 2. The Labute approximate surface area is 134 Å². The van der Waals surface area contributed by atoms with Crippen molar-refractivity contribution < 1.29 is 14.3 Å². The molecule has 0 N–H and O–H groups in total. The Morgan fingerprint density at radius 1 is 1.27 bits per heavy atom. The van der Waals surface area contributed by atoms with Crippen molar-refractivity contribution in [1.82, 2.24) is 9.80 Å². The molecule has 1 saturated heterocycles. The van der Waals surface area contributed by atoms with Gasteiger partial charge in [-0.3, -0.25) is 4.79 Å². The zero-order chi connectivity index (χ0) is 17.1. The molecule has 1 fully saturated rings. The molecule has 0 aliphatic carbocycles. The maximum Gasteiger partial charge on any atom is 0.410 e. The standard InChI is InChI=1S/C17H30N2O3/c1-16(2,3)22-15(21)19-11-8-13(17(4,5)12-19)14(20)9-10-18(6)7/h9-10,13H,8,11-12H2,1-7H3/b10-9+. The molecule has 1 rings (SSSR count). The summed E-state index contributed by atoms with van der Waals surface area (Å²) in [6.07, 6.45) is 3.78. The van der Waals surface area contributed by atoms with E-state index in [4.69, 9.17) is 4.74 Å². The average Bonchev–Trinajstić information content (AvgIpc) is 2.32. The lowest BCUT2D eigenvalue weighted by Crippen LogP contribution is -2.51. The van der Waals surface area contributed by atoms with E-state index in [0.717, 1.165) is 0 Å². The topological polar surface area (TPSA) is 49.9 Å². The van der Waals surface area contributed by atoms with Gasteiger partial charge in [0, 0.05) is 39.3 Å². The van der Waals surface area contributed by atoms with Gasteiger partial charge in [0.1, 0.15) is 5.60 Å². The molecule has 1 heterocycles. The first kappa shape index (κ1) is 18.5. The van der Waals surface area contributed by atoms with E-state index >= 15 is 0 Å². The highest BCUT2D eigenvalue weighted by Crippen LogP contribution is 2.36. The third-order valence-corrected chi connectivity index (χ3v) is 3.76. The second-order valence-corrected chi connectivity index (χ2v) is 7.91. The smallest absolute Gasteiger partial charge is 0.410 e. The Morgan fingerprint density at radius 3 is 2.32 bits per heavy atom. The number of nitrogens with zero attached hydrogens (tertiary/aromatic N) is 2. The van der Waals surface area contributed by atoms with Crippen LogP contribution in [0.15, 0.2) is 12.3 Å². The van der Waals surface area contributed by atoms with Gasteiger partial charge in [0.25, 0.3) is 0 Å². The number of ketones is 1. The van der Waals surface area contributed by atoms with Crippen LogP contribution in [0.25, 0.3) is 0 Å². The molecule has 0 aromatic rings. The van der Waals surface area contributed by atoms with Crippen LogP contribution in [0.5, 0.6) is 0 Å². The fraction of sp³-hybridized carbons (Fsp3) is 0.765. The van der Waals surface area contributed by atoms with E-state index in [-0.39, 0.29) is 23.2 Å². The number of rotatable bonds is 3. The van der Waals surface area contributed by atoms with Crippen molar-refractivity contribution in [3.8, 4) is 0 Å². The Hall–Kier alpha value is -1.52. The summed E-state index contributed by atoms with van der Waals surface area (Å²) in [5.41, 5.74) is -0.759. The summed E-state index contributed by atoms with van der Waals surface area (Å²) in [6, 6.07) is 0. The molecular formula is C17H30N2O3. The largest absolute Gasteiger partial charge is 0.444 e. The van der Waals surface area contributed by atoms with E-state index in [1.807, 2.05) is 53.6 Å². The summed E-state index contributed by atoms with van der Waals surface area (Å²) < 4.78 is 5.43. The second-order valence-electron chi connectivity index (χ2n) is 7.91. The highest BCUT2D eigenvalue weighted by Gasteiger charge is 2.41. The Morgan fingerprint density at radius 2 is 1.86 bits per heavy atom. The zero-order valence-corrected chi connectivity index (χ0v) is 15.0. The van der Waals surface area contributed by atoms with Crippen LogP contribution in [-0.4, -0.2) is 54.5 Å². The summed E-state index contributed by atoms with van der Waals surface area (Å²) in [6.45, 7) is 10.7. The number of amides is 1. The molecule has 0 saturated carbocycles. The van der Waals surface area contributed by atoms with Crippen molar-refractivity contribution in [3.63, 3.8) is 0 Å². The Bertz CT molecular complexity index is 447. The molecule has 5 nitrogen and oxygen atoms in total. The number of hydrogen-bond donors (Lipinski definition) is 0. The summed E-state index contributed by atoms with van der Waals surface area (Å²) in [5, 5.41) is 0. The van der Waals surface area contributed by atoms with Gasteiger partial charge in [-0.25, -0.2) is 4.79 Å². The average molecular weight is 310 g/mol. The van der Waals surface area contributed by atoms with Crippen molar-refractivity contribution in [2.45, 2.75) is 46.6 Å². The summed E-state index contributed by atoms with van der Waals surface area (Å²) in [7, 11) is 3.78. The zero-order valence-electron chi connectivity index (χ0n) is 15.0. The monoisotopic (exact) mass is 310 g/mol. The Balaban J connectivity index is 2.73. The first-order valence-electron chi connectivity index (χ1n) is 7.79. The van der Waals surface area contributed by atoms with Crippen molar-refractivity contribution >= 4 is 11.9 Å². The van der Waals surface area contributed by atoms with Gasteiger partial charge >= 0.3 is 6.09 Å². The van der Waals surface area contributed by atoms with Gasteiger partial charge in [-0.1, -0.05) is 13.8 Å². The Kier molecular flexibility index (Phi) is 5.65. The minimum atomic E-state index is -0.498. The minimum Gasteiger partial charge on any atom is -0.444 e. The lowest BCUT2D eigenvalue weighted by molar-refractivity contribution is -0.124. The van der Waals surface area contributed by atoms with Crippen LogP contribution in [0.1, 0.15) is 41.0 Å². The van der Waals surface area contributed by atoms with Crippen molar-refractivity contribution in [3.05, 3.63) is 12.3 Å². The first-order valence-corrected chi connectivity index (χ1v) is 7.79. The summed E-state index contributed by atoms with van der Waals surface area (Å²) >= 11 is 0. The van der Waals surface area contributed by atoms with E-state index in [1.165, 1.54) is 0 Å². The molecule has 0 radical (unpaired) electrons. The molecule has 0 spiro atoms. The van der Waals surface area contributed by atoms with Gasteiger partial charge in [0.05, 0.1) is 0 Å². The van der Waals surface area contributed by atoms with Gasteiger partial charge in [-0.2, -0.15) is 0 Å². The number of allylic oxidation sites excluding steroid dienone is 1. The van der Waals surface area contributed by atoms with Gasteiger partial charge in [-0.15, -0.1) is 0 Å². The van der Waals surface area contributed by atoms with Gasteiger partial charge < -0.3 is 14.5 Å². The van der Waals surface area contributed by atoms with Crippen LogP contribution in [0.4, 0.5) is 4.79 Å². The molecular weight excluding hydrogens is 280 g/mol. The van der Waals surface area contributed by atoms with Crippen molar-refractivity contribution in [2.24, 2.45) is 11.3 Å². The second kappa shape index (κ2) is 6.71. The van der Waals surface area contributed by atoms with Crippen LogP contribution in [-0.2, 0) is 9.53 Å². The SMILES string of the molecule is CN(C)/C=C/C(=O)C1CCN(C(=O)OC(C)(C)C)CC1(C)C. The third kappa shape index (κ3) is 5.35. The van der Waals surface area contributed by atoms with Crippen molar-refractivity contribution in [2.75, 3.05) is 27.2 Å². The maximum absolute atomic E-state index is 12.4. The van der Waals surface area contributed by atoms with Crippen LogP contribution in [0.2, 0.25) is 0 Å². The van der Waals surface area contributed by atoms with E-state index in [2.05, 4.69) is 0 Å². The van der Waals surface area contributed by atoms with Crippen LogP contribution in [0, 0.1) is 11.3 Å². The van der Waals surface area contributed by atoms with Crippen LogP contribution >= 0.6 is 0 Å². The van der Waals surface area contributed by atoms with E-state index in [9.17, 15) is 9.59 Å². The fourth-order valence-corrected chi connectivity index (χ4v) is 2.71. The number of likely N-dealkylation sites (tertiary alicyclic amines) is 1. The summed E-state index contributed by atoms with van der Waals surface area (Å²) in [4.78, 5) is 28.1. The van der Waals surface area contributed by atoms with Gasteiger partial charge in [-0.05, 0) is 38.7 Å². The number of ether oxygens (including phenoxy) is 1. The molecule has 22 heavy (non-hydrogen) atoms. The maximum atomic E-state index is 12.4. The lowest BCUT2D eigenvalue weighted by Gasteiger charge is -2.43. The normalized spacial score (nSPS) is 21.8. The molecule has 1 unspecified atom stereocenters. The van der Waals surface area contributed by atoms with E-state index in [0.29, 0.717) is 19.5 Å². The van der Waals surface area contributed by atoms with Crippen molar-refractivity contribution in [1.29, 1.82) is 0 Å². The van der Waals surface area contributed by atoms with Gasteiger partial charge in [0.15, 0.2) is 5.78 Å². The van der Waals surface area contributed by atoms with Crippen LogP contribution < -0.4 is 0 Å². The highest BCUT2D eigenvalue weighted by molar-refractivity contribution is 5.92. The van der Waals surface area contributed by atoms with E-state index < -0.39 is 5.60 Å². The molecule has 1 amide bonds. The number of piperidine rings is 1. The number of hydrogen-bond acceptors (Lipinski definition) is 4. The van der Waals surface area contributed by atoms with Crippen LogP contribution in [0.3, 0.4) is 0 Å². The molecule has 5 heteroatoms. The molecule has 1 aliphatic rings. The molecule has 1 aliphatic heterocycles. The predicted molar refractivity (Wildman–Crippen MR) is 87.5 cm³/mol. The predicted octanol–water partition coefficient (Wildman–Crippen LogP) is 2.91. The fourth-order valence-electron chi connectivity index (χ4n) is 2.71. The minimum absolute atomic E-state index is 0.0672. The summed E-state index contributed by atoms with van der Waals surface area (Å²) in [5.74, 6) is 0.0601. The lowest BCUT2D eigenvalue weighted by atomic mass is 9.72. The highest BCUT2D eigenvalue weighted by atomic mass is 16.6.